The van der Waals surface area contributed by atoms with Crippen molar-refractivity contribution in [1.82, 2.24) is 10.6 Å². The van der Waals surface area contributed by atoms with Gasteiger partial charge in [0, 0.05) is 20.1 Å². The molecule has 5 heteroatoms. The maximum Gasteiger partial charge on any atom is 0.191 e. The molecular formula is C18H24IN3O. The van der Waals surface area contributed by atoms with Crippen LogP contribution in [0.15, 0.2) is 65.7 Å². The Bertz CT molecular complexity index is 561. The van der Waals surface area contributed by atoms with Crippen LogP contribution in [0.3, 0.4) is 0 Å². The highest BCUT2D eigenvalue weighted by Crippen LogP contribution is 1.99. The Morgan fingerprint density at radius 2 is 1.52 bits per heavy atom. The van der Waals surface area contributed by atoms with Gasteiger partial charge in [0.2, 0.25) is 0 Å². The summed E-state index contributed by atoms with van der Waals surface area (Å²) in [7, 11) is 1.77. The minimum Gasteiger partial charge on any atom is -0.375 e. The summed E-state index contributed by atoms with van der Waals surface area (Å²) >= 11 is 0. The standard InChI is InChI=1S/C18H23N3O.HI/c1-19-18(21-14-16-8-4-2-5-9-16)20-12-13-22-15-17-10-6-3-7-11-17;/h2-11H,12-15H2,1H3,(H2,19,20,21);1H. The molecule has 0 unspecified atom stereocenters. The summed E-state index contributed by atoms with van der Waals surface area (Å²) in [5.41, 5.74) is 2.42. The van der Waals surface area contributed by atoms with Gasteiger partial charge in [-0.2, -0.15) is 0 Å². The molecule has 4 nitrogen and oxygen atoms in total. The van der Waals surface area contributed by atoms with Crippen LogP contribution in [-0.4, -0.2) is 26.2 Å². The van der Waals surface area contributed by atoms with E-state index in [1.165, 1.54) is 11.1 Å². The van der Waals surface area contributed by atoms with Crippen LogP contribution in [0, 0.1) is 0 Å². The Labute approximate surface area is 155 Å². The maximum atomic E-state index is 5.63. The van der Waals surface area contributed by atoms with Crippen molar-refractivity contribution in [2.45, 2.75) is 13.2 Å². The van der Waals surface area contributed by atoms with Gasteiger partial charge in [-0.15, -0.1) is 24.0 Å². The Kier molecular flexibility index (Phi) is 10.1. The van der Waals surface area contributed by atoms with Crippen LogP contribution in [0.4, 0.5) is 0 Å². The van der Waals surface area contributed by atoms with Gasteiger partial charge in [-0.3, -0.25) is 4.99 Å². The Morgan fingerprint density at radius 1 is 0.913 bits per heavy atom. The second-order valence-corrected chi connectivity index (χ2v) is 4.88. The zero-order chi connectivity index (χ0) is 15.5. The van der Waals surface area contributed by atoms with Crippen LogP contribution in [-0.2, 0) is 17.9 Å². The van der Waals surface area contributed by atoms with Crippen molar-refractivity contribution >= 4 is 29.9 Å². The predicted octanol–water partition coefficient (Wildman–Crippen LogP) is 3.19. The molecule has 0 atom stereocenters. The molecule has 2 rings (SSSR count). The van der Waals surface area contributed by atoms with Crippen molar-refractivity contribution in [3.63, 3.8) is 0 Å². The van der Waals surface area contributed by atoms with Crippen molar-refractivity contribution in [3.8, 4) is 0 Å². The third-order valence-electron chi connectivity index (χ3n) is 3.18. The summed E-state index contributed by atoms with van der Waals surface area (Å²) in [5.74, 6) is 0.784. The van der Waals surface area contributed by atoms with E-state index < -0.39 is 0 Å². The molecule has 2 N–H and O–H groups in total. The van der Waals surface area contributed by atoms with Crippen LogP contribution < -0.4 is 10.6 Å². The third-order valence-corrected chi connectivity index (χ3v) is 3.18. The molecule has 0 saturated carbocycles. The average Bonchev–Trinajstić information content (AvgIpc) is 2.59. The molecule has 0 radical (unpaired) electrons. The summed E-state index contributed by atoms with van der Waals surface area (Å²) in [6, 6.07) is 20.4. The van der Waals surface area contributed by atoms with Crippen molar-refractivity contribution in [3.05, 3.63) is 71.8 Å². The Morgan fingerprint density at radius 3 is 2.13 bits per heavy atom. The average molecular weight is 425 g/mol. The lowest BCUT2D eigenvalue weighted by Crippen LogP contribution is -2.38. The van der Waals surface area contributed by atoms with Crippen molar-refractivity contribution in [2.24, 2.45) is 4.99 Å². The maximum absolute atomic E-state index is 5.63. The smallest absolute Gasteiger partial charge is 0.191 e. The molecule has 124 valence electrons. The van der Waals surface area contributed by atoms with Crippen LogP contribution in [0.1, 0.15) is 11.1 Å². The van der Waals surface area contributed by atoms with Crippen LogP contribution in [0.5, 0.6) is 0 Å². The fourth-order valence-corrected chi connectivity index (χ4v) is 2.01. The summed E-state index contributed by atoms with van der Waals surface area (Å²) in [4.78, 5) is 4.20. The molecule has 0 aliphatic rings. The van der Waals surface area contributed by atoms with Gasteiger partial charge in [-0.05, 0) is 11.1 Å². The van der Waals surface area contributed by atoms with Gasteiger partial charge in [0.15, 0.2) is 5.96 Å². The molecule has 0 spiro atoms. The van der Waals surface area contributed by atoms with E-state index in [4.69, 9.17) is 4.74 Å². The second kappa shape index (κ2) is 11.9. The highest BCUT2D eigenvalue weighted by Gasteiger charge is 1.98. The molecule has 0 heterocycles. The van der Waals surface area contributed by atoms with Crippen molar-refractivity contribution in [1.29, 1.82) is 0 Å². The van der Waals surface area contributed by atoms with Gasteiger partial charge in [-0.1, -0.05) is 60.7 Å². The summed E-state index contributed by atoms with van der Waals surface area (Å²) in [6.45, 7) is 2.76. The molecule has 0 aromatic heterocycles. The highest BCUT2D eigenvalue weighted by atomic mass is 127. The number of hydrogen-bond acceptors (Lipinski definition) is 2. The number of rotatable bonds is 7. The first kappa shape index (κ1) is 19.4. The number of halogens is 1. The number of nitrogens with zero attached hydrogens (tertiary/aromatic N) is 1. The predicted molar refractivity (Wildman–Crippen MR) is 106 cm³/mol. The van der Waals surface area contributed by atoms with Gasteiger partial charge >= 0.3 is 0 Å². The molecule has 0 bridgehead atoms. The van der Waals surface area contributed by atoms with E-state index in [-0.39, 0.29) is 24.0 Å². The molecule has 0 saturated heterocycles. The number of nitrogens with one attached hydrogen (secondary N) is 2. The first-order valence-corrected chi connectivity index (χ1v) is 7.48. The van der Waals surface area contributed by atoms with Gasteiger partial charge in [-0.25, -0.2) is 0 Å². The molecule has 2 aromatic carbocycles. The molecule has 0 aliphatic carbocycles. The summed E-state index contributed by atoms with van der Waals surface area (Å²) in [6.07, 6.45) is 0. The minimum atomic E-state index is 0. The lowest BCUT2D eigenvalue weighted by molar-refractivity contribution is 0.125. The SMILES string of the molecule is CN=C(NCCOCc1ccccc1)NCc1ccccc1.I. The fraction of sp³-hybridized carbons (Fsp3) is 0.278. The lowest BCUT2D eigenvalue weighted by Gasteiger charge is -2.12. The van der Waals surface area contributed by atoms with Crippen LogP contribution >= 0.6 is 24.0 Å². The van der Waals surface area contributed by atoms with E-state index in [0.717, 1.165) is 19.0 Å². The van der Waals surface area contributed by atoms with Gasteiger partial charge in [0.25, 0.3) is 0 Å². The van der Waals surface area contributed by atoms with Gasteiger partial charge in [0.1, 0.15) is 0 Å². The van der Waals surface area contributed by atoms with E-state index in [1.807, 2.05) is 36.4 Å². The van der Waals surface area contributed by atoms with E-state index in [9.17, 15) is 0 Å². The zero-order valence-corrected chi connectivity index (χ0v) is 15.7. The second-order valence-electron chi connectivity index (χ2n) is 4.88. The highest BCUT2D eigenvalue weighted by molar-refractivity contribution is 14.0. The largest absolute Gasteiger partial charge is 0.375 e. The normalized spacial score (nSPS) is 10.7. The lowest BCUT2D eigenvalue weighted by atomic mass is 10.2. The number of aliphatic imine (C=N–C) groups is 1. The molecule has 0 fully saturated rings. The number of ether oxygens (including phenoxy) is 1. The fourth-order valence-electron chi connectivity index (χ4n) is 2.01. The van der Waals surface area contributed by atoms with Gasteiger partial charge in [0.05, 0.1) is 13.2 Å². The number of benzene rings is 2. The summed E-state index contributed by atoms with van der Waals surface area (Å²) < 4.78 is 5.63. The number of guanidine groups is 1. The third kappa shape index (κ3) is 7.99. The van der Waals surface area contributed by atoms with Crippen LogP contribution in [0.2, 0.25) is 0 Å². The number of hydrogen-bond donors (Lipinski definition) is 2. The van der Waals surface area contributed by atoms with Crippen molar-refractivity contribution in [2.75, 3.05) is 20.2 Å². The molecule has 2 aromatic rings. The zero-order valence-electron chi connectivity index (χ0n) is 13.4. The van der Waals surface area contributed by atoms with E-state index in [2.05, 4.69) is 39.9 Å². The quantitative estimate of drug-likeness (QED) is 0.310. The van der Waals surface area contributed by atoms with E-state index in [0.29, 0.717) is 13.2 Å². The molecule has 0 aliphatic heterocycles. The first-order chi connectivity index (χ1) is 10.9. The van der Waals surface area contributed by atoms with Crippen LogP contribution in [0.25, 0.3) is 0 Å². The molecular weight excluding hydrogens is 401 g/mol. The van der Waals surface area contributed by atoms with Crippen molar-refractivity contribution < 1.29 is 4.74 Å². The monoisotopic (exact) mass is 425 g/mol. The minimum absolute atomic E-state index is 0. The molecule has 0 amide bonds. The topological polar surface area (TPSA) is 45.7 Å². The van der Waals surface area contributed by atoms with Gasteiger partial charge < -0.3 is 15.4 Å². The van der Waals surface area contributed by atoms with E-state index >= 15 is 0 Å². The Hall–Kier alpha value is -1.60. The first-order valence-electron chi connectivity index (χ1n) is 7.48. The van der Waals surface area contributed by atoms with E-state index in [1.54, 1.807) is 7.05 Å². The summed E-state index contributed by atoms with van der Waals surface area (Å²) in [5, 5.41) is 6.52. The Balaban J connectivity index is 0.00000264. The molecule has 23 heavy (non-hydrogen) atoms.